The molecular formula is C10H12N2O2. The lowest BCUT2D eigenvalue weighted by atomic mass is 9.91. The number of nitrogens with zero attached hydrogens (tertiary/aromatic N) is 2. The number of ketones is 1. The largest absolute Gasteiger partial charge is 0.515 e. The monoisotopic (exact) mass is 192 g/mol. The number of hydrogen-bond donors (Lipinski definition) is 1. The van der Waals surface area contributed by atoms with Crippen molar-refractivity contribution in [3.63, 3.8) is 0 Å². The second kappa shape index (κ2) is 2.97. The van der Waals surface area contributed by atoms with Crippen molar-refractivity contribution < 1.29 is 9.90 Å². The predicted octanol–water partition coefficient (Wildman–Crippen LogP) is 1.30. The van der Waals surface area contributed by atoms with Gasteiger partial charge < -0.3 is 5.11 Å². The average molecular weight is 192 g/mol. The molecule has 1 aromatic heterocycles. The minimum absolute atomic E-state index is 0.0839. The van der Waals surface area contributed by atoms with Crippen LogP contribution in [0.5, 0.6) is 0 Å². The molecule has 1 aromatic rings. The number of aromatic nitrogens is 2. The first-order valence-corrected chi connectivity index (χ1v) is 4.55. The zero-order chi connectivity index (χ0) is 10.3. The van der Waals surface area contributed by atoms with Crippen molar-refractivity contribution in [1.82, 2.24) is 9.78 Å². The molecule has 14 heavy (non-hydrogen) atoms. The SMILES string of the molecule is Cc1nn(C)c2c1C(=O)C(=CO)CC2. The van der Waals surface area contributed by atoms with Gasteiger partial charge in [-0.3, -0.25) is 9.48 Å². The molecule has 1 heterocycles. The molecule has 0 aliphatic heterocycles. The van der Waals surface area contributed by atoms with E-state index in [0.717, 1.165) is 24.1 Å². The van der Waals surface area contributed by atoms with Gasteiger partial charge in [0.15, 0.2) is 5.78 Å². The number of aliphatic hydroxyl groups excluding tert-OH is 1. The Balaban J connectivity index is 2.60. The number of Topliss-reactive ketones (excluding diaryl/α,β-unsaturated/α-hetero) is 1. The Morgan fingerprint density at radius 1 is 1.50 bits per heavy atom. The molecule has 0 unspecified atom stereocenters. The summed E-state index contributed by atoms with van der Waals surface area (Å²) in [5.74, 6) is -0.0839. The highest BCUT2D eigenvalue weighted by Crippen LogP contribution is 2.26. The Morgan fingerprint density at radius 3 is 2.86 bits per heavy atom. The maximum Gasteiger partial charge on any atom is 0.195 e. The fourth-order valence-electron chi connectivity index (χ4n) is 1.94. The van der Waals surface area contributed by atoms with Gasteiger partial charge in [-0.15, -0.1) is 0 Å². The van der Waals surface area contributed by atoms with Crippen molar-refractivity contribution in [3.8, 4) is 0 Å². The lowest BCUT2D eigenvalue weighted by Gasteiger charge is -2.13. The van der Waals surface area contributed by atoms with Crippen LogP contribution in [-0.2, 0) is 13.5 Å². The lowest BCUT2D eigenvalue weighted by molar-refractivity contribution is 0.102. The predicted molar refractivity (Wildman–Crippen MR) is 51.3 cm³/mol. The molecule has 4 nitrogen and oxygen atoms in total. The fourth-order valence-corrected chi connectivity index (χ4v) is 1.94. The average Bonchev–Trinajstić information content (AvgIpc) is 2.44. The van der Waals surface area contributed by atoms with Crippen LogP contribution in [0.1, 0.15) is 28.2 Å². The van der Waals surface area contributed by atoms with Crippen LogP contribution in [0.3, 0.4) is 0 Å². The van der Waals surface area contributed by atoms with Crippen LogP contribution in [0.4, 0.5) is 0 Å². The highest BCUT2D eigenvalue weighted by Gasteiger charge is 2.27. The van der Waals surface area contributed by atoms with Crippen LogP contribution in [0.25, 0.3) is 0 Å². The van der Waals surface area contributed by atoms with Gasteiger partial charge >= 0.3 is 0 Å². The molecule has 1 aliphatic rings. The topological polar surface area (TPSA) is 55.1 Å². The Kier molecular flexibility index (Phi) is 1.91. The number of aliphatic hydroxyl groups is 1. The van der Waals surface area contributed by atoms with E-state index in [1.54, 1.807) is 4.68 Å². The molecule has 0 aromatic carbocycles. The summed E-state index contributed by atoms with van der Waals surface area (Å²) in [5, 5.41) is 13.1. The van der Waals surface area contributed by atoms with Gasteiger partial charge in [-0.25, -0.2) is 0 Å². The van der Waals surface area contributed by atoms with Crippen molar-refractivity contribution in [3.05, 3.63) is 28.8 Å². The summed E-state index contributed by atoms with van der Waals surface area (Å²) in [6.07, 6.45) is 2.28. The van der Waals surface area contributed by atoms with E-state index in [9.17, 15) is 4.79 Å². The maximum absolute atomic E-state index is 11.8. The van der Waals surface area contributed by atoms with E-state index >= 15 is 0 Å². The van der Waals surface area contributed by atoms with Gasteiger partial charge in [-0.1, -0.05) is 0 Å². The molecule has 74 valence electrons. The summed E-state index contributed by atoms with van der Waals surface area (Å²) in [4.78, 5) is 11.8. The molecule has 0 amide bonds. The van der Waals surface area contributed by atoms with E-state index < -0.39 is 0 Å². The number of allylic oxidation sites excluding steroid dienone is 1. The second-order valence-corrected chi connectivity index (χ2v) is 3.51. The molecule has 0 bridgehead atoms. The van der Waals surface area contributed by atoms with Gasteiger partial charge in [0.05, 0.1) is 17.5 Å². The van der Waals surface area contributed by atoms with Gasteiger partial charge in [-0.05, 0) is 19.8 Å². The first-order valence-electron chi connectivity index (χ1n) is 4.55. The third kappa shape index (κ3) is 1.07. The van der Waals surface area contributed by atoms with Gasteiger partial charge in [-0.2, -0.15) is 5.10 Å². The first-order chi connectivity index (χ1) is 6.65. The Hall–Kier alpha value is -1.58. The summed E-state index contributed by atoms with van der Waals surface area (Å²) in [6, 6.07) is 0. The van der Waals surface area contributed by atoms with E-state index in [0.29, 0.717) is 17.6 Å². The number of rotatable bonds is 0. The molecule has 0 atom stereocenters. The van der Waals surface area contributed by atoms with Crippen LogP contribution in [0, 0.1) is 6.92 Å². The summed E-state index contributed by atoms with van der Waals surface area (Å²) in [6.45, 7) is 1.82. The molecule has 0 spiro atoms. The molecule has 0 radical (unpaired) electrons. The summed E-state index contributed by atoms with van der Waals surface area (Å²) >= 11 is 0. The van der Waals surface area contributed by atoms with Crippen LogP contribution in [-0.4, -0.2) is 20.7 Å². The third-order valence-electron chi connectivity index (χ3n) is 2.65. The Labute approximate surface area is 81.9 Å². The number of carbonyl (C=O) groups is 1. The van der Waals surface area contributed by atoms with Crippen molar-refractivity contribution in [2.75, 3.05) is 0 Å². The van der Waals surface area contributed by atoms with Crippen LogP contribution in [0.15, 0.2) is 11.8 Å². The van der Waals surface area contributed by atoms with Crippen LogP contribution in [0.2, 0.25) is 0 Å². The molecule has 1 N–H and O–H groups in total. The van der Waals surface area contributed by atoms with Gasteiger partial charge in [0.1, 0.15) is 0 Å². The van der Waals surface area contributed by atoms with E-state index in [2.05, 4.69) is 5.10 Å². The smallest absolute Gasteiger partial charge is 0.195 e. The standard InChI is InChI=1S/C10H12N2O2/c1-6-9-8(12(2)11-6)4-3-7(5-13)10(9)14/h5,13H,3-4H2,1-2H3. The molecule has 4 heteroatoms. The molecule has 2 rings (SSSR count). The van der Waals surface area contributed by atoms with Gasteiger partial charge in [0, 0.05) is 18.3 Å². The zero-order valence-electron chi connectivity index (χ0n) is 8.24. The van der Waals surface area contributed by atoms with Crippen LogP contribution < -0.4 is 0 Å². The quantitative estimate of drug-likeness (QED) is 0.498. The summed E-state index contributed by atoms with van der Waals surface area (Å²) in [7, 11) is 1.84. The Bertz CT molecular complexity index is 430. The van der Waals surface area contributed by atoms with Crippen LogP contribution >= 0.6 is 0 Å². The number of fused-ring (bicyclic) bond motifs is 1. The highest BCUT2D eigenvalue weighted by atomic mass is 16.2. The van der Waals surface area contributed by atoms with E-state index in [1.807, 2.05) is 14.0 Å². The minimum atomic E-state index is -0.0839. The van der Waals surface area contributed by atoms with E-state index in [1.165, 1.54) is 0 Å². The Morgan fingerprint density at radius 2 is 2.21 bits per heavy atom. The maximum atomic E-state index is 11.8. The highest BCUT2D eigenvalue weighted by molar-refractivity contribution is 6.11. The first kappa shape index (κ1) is 8.99. The molecular weight excluding hydrogens is 180 g/mol. The fraction of sp³-hybridized carbons (Fsp3) is 0.400. The van der Waals surface area contributed by atoms with E-state index in [4.69, 9.17) is 5.11 Å². The normalized spacial score (nSPS) is 18.7. The number of hydrogen-bond acceptors (Lipinski definition) is 3. The number of aryl methyl sites for hydroxylation is 2. The molecule has 1 aliphatic carbocycles. The molecule has 0 fully saturated rings. The third-order valence-corrected chi connectivity index (χ3v) is 2.65. The van der Waals surface area contributed by atoms with E-state index in [-0.39, 0.29) is 5.78 Å². The molecule has 0 saturated heterocycles. The summed E-state index contributed by atoms with van der Waals surface area (Å²) < 4.78 is 1.75. The summed E-state index contributed by atoms with van der Waals surface area (Å²) in [5.41, 5.74) is 2.86. The van der Waals surface area contributed by atoms with Gasteiger partial charge in [0.25, 0.3) is 0 Å². The number of carbonyl (C=O) groups excluding carboxylic acids is 1. The van der Waals surface area contributed by atoms with Gasteiger partial charge in [0.2, 0.25) is 0 Å². The lowest BCUT2D eigenvalue weighted by Crippen LogP contribution is -2.15. The minimum Gasteiger partial charge on any atom is -0.515 e. The van der Waals surface area contributed by atoms with Crippen molar-refractivity contribution >= 4 is 5.78 Å². The molecule has 0 saturated carbocycles. The van der Waals surface area contributed by atoms with Crippen molar-refractivity contribution in [1.29, 1.82) is 0 Å². The van der Waals surface area contributed by atoms with Crippen molar-refractivity contribution in [2.45, 2.75) is 19.8 Å². The second-order valence-electron chi connectivity index (χ2n) is 3.51. The zero-order valence-corrected chi connectivity index (χ0v) is 8.24. The van der Waals surface area contributed by atoms with Crippen molar-refractivity contribution in [2.24, 2.45) is 7.05 Å².